The third-order valence-corrected chi connectivity index (χ3v) is 3.80. The van der Waals surface area contributed by atoms with E-state index in [0.29, 0.717) is 36.1 Å². The number of ether oxygens (including phenoxy) is 2. The molecular weight excluding hydrogens is 342 g/mol. The third kappa shape index (κ3) is 5.04. The fraction of sp³-hybridized carbons (Fsp3) is 0.190. The lowest BCUT2D eigenvalue weighted by Crippen LogP contribution is -2.13. The van der Waals surface area contributed by atoms with Crippen LogP contribution < -0.4 is 14.8 Å². The Morgan fingerprint density at radius 2 is 1.85 bits per heavy atom. The molecule has 138 valence electrons. The maximum atomic E-state index is 12.5. The van der Waals surface area contributed by atoms with Crippen LogP contribution in [0, 0.1) is 6.92 Å². The molecule has 6 nitrogen and oxygen atoms in total. The number of nitrogens with one attached hydrogen (secondary N) is 1. The number of anilines is 1. The predicted octanol–water partition coefficient (Wildman–Crippen LogP) is 4.02. The molecule has 0 spiro atoms. The molecule has 27 heavy (non-hydrogen) atoms. The largest absolute Gasteiger partial charge is 0.490 e. The Kier molecular flexibility index (Phi) is 5.99. The van der Waals surface area contributed by atoms with E-state index in [2.05, 4.69) is 15.3 Å². The van der Waals surface area contributed by atoms with Crippen LogP contribution in [0.5, 0.6) is 11.5 Å². The molecule has 3 rings (SSSR count). The Bertz CT molecular complexity index is 896. The Balaban J connectivity index is 1.73. The summed E-state index contributed by atoms with van der Waals surface area (Å²) in [6.45, 7) is 4.69. The minimum Gasteiger partial charge on any atom is -0.490 e. The molecule has 3 aromatic rings. The van der Waals surface area contributed by atoms with E-state index >= 15 is 0 Å². The van der Waals surface area contributed by atoms with E-state index < -0.39 is 0 Å². The van der Waals surface area contributed by atoms with Crippen molar-refractivity contribution in [2.45, 2.75) is 20.5 Å². The summed E-state index contributed by atoms with van der Waals surface area (Å²) in [4.78, 5) is 20.7. The van der Waals surface area contributed by atoms with E-state index in [9.17, 15) is 4.79 Å². The van der Waals surface area contributed by atoms with Crippen LogP contribution >= 0.6 is 0 Å². The van der Waals surface area contributed by atoms with Gasteiger partial charge in [-0.15, -0.1) is 0 Å². The monoisotopic (exact) mass is 363 g/mol. The minimum absolute atomic E-state index is 0.256. The molecule has 0 saturated heterocycles. The van der Waals surface area contributed by atoms with Gasteiger partial charge in [0.1, 0.15) is 12.4 Å². The van der Waals surface area contributed by atoms with Gasteiger partial charge in [-0.25, -0.2) is 4.98 Å². The molecule has 2 aromatic heterocycles. The zero-order chi connectivity index (χ0) is 19.1. The van der Waals surface area contributed by atoms with Crippen molar-refractivity contribution < 1.29 is 14.3 Å². The Morgan fingerprint density at radius 3 is 2.56 bits per heavy atom. The molecule has 2 heterocycles. The maximum absolute atomic E-state index is 12.5. The highest BCUT2D eigenvalue weighted by molar-refractivity contribution is 6.04. The number of pyridine rings is 2. The highest BCUT2D eigenvalue weighted by atomic mass is 16.5. The molecule has 0 aliphatic heterocycles. The van der Waals surface area contributed by atoms with Crippen LogP contribution in [0.2, 0.25) is 0 Å². The summed E-state index contributed by atoms with van der Waals surface area (Å²) in [6.07, 6.45) is 5.14. The summed E-state index contributed by atoms with van der Waals surface area (Å²) >= 11 is 0. The van der Waals surface area contributed by atoms with Crippen LogP contribution in [0.1, 0.15) is 28.4 Å². The molecule has 1 N–H and O–H groups in total. The summed E-state index contributed by atoms with van der Waals surface area (Å²) < 4.78 is 11.5. The van der Waals surface area contributed by atoms with E-state index in [4.69, 9.17) is 9.47 Å². The SMILES string of the molecule is CCOc1cc(C(=O)Nc2ccc(C)cn2)ccc1OCc1ccncc1. The molecule has 1 amide bonds. The smallest absolute Gasteiger partial charge is 0.256 e. The Morgan fingerprint density at radius 1 is 1.04 bits per heavy atom. The molecule has 0 atom stereocenters. The number of nitrogens with zero attached hydrogens (tertiary/aromatic N) is 2. The van der Waals surface area contributed by atoms with Crippen LogP contribution in [0.4, 0.5) is 5.82 Å². The van der Waals surface area contributed by atoms with Gasteiger partial charge in [-0.3, -0.25) is 9.78 Å². The lowest BCUT2D eigenvalue weighted by Gasteiger charge is -2.13. The molecule has 1 aromatic carbocycles. The summed E-state index contributed by atoms with van der Waals surface area (Å²) in [5.41, 5.74) is 2.50. The average molecular weight is 363 g/mol. The van der Waals surface area contributed by atoms with Crippen molar-refractivity contribution in [2.24, 2.45) is 0 Å². The molecule has 6 heteroatoms. The lowest BCUT2D eigenvalue weighted by molar-refractivity contribution is 0.102. The van der Waals surface area contributed by atoms with Crippen LogP contribution in [0.3, 0.4) is 0 Å². The second-order valence-corrected chi connectivity index (χ2v) is 5.91. The summed E-state index contributed by atoms with van der Waals surface area (Å²) in [7, 11) is 0. The topological polar surface area (TPSA) is 73.3 Å². The molecule has 0 fully saturated rings. The minimum atomic E-state index is -0.256. The van der Waals surface area contributed by atoms with Gasteiger partial charge in [0.2, 0.25) is 0 Å². The first-order valence-corrected chi connectivity index (χ1v) is 8.68. The number of hydrogen-bond acceptors (Lipinski definition) is 5. The van der Waals surface area contributed by atoms with Crippen molar-refractivity contribution in [3.8, 4) is 11.5 Å². The van der Waals surface area contributed by atoms with Crippen LogP contribution in [0.25, 0.3) is 0 Å². The van der Waals surface area contributed by atoms with Crippen molar-refractivity contribution in [1.29, 1.82) is 0 Å². The summed E-state index contributed by atoms with van der Waals surface area (Å²) in [5.74, 6) is 1.35. The fourth-order valence-electron chi connectivity index (χ4n) is 2.41. The van der Waals surface area contributed by atoms with Gasteiger partial charge in [-0.05, 0) is 61.4 Å². The predicted molar refractivity (Wildman–Crippen MR) is 103 cm³/mol. The molecular formula is C21H21N3O3. The van der Waals surface area contributed by atoms with Crippen molar-refractivity contribution in [3.05, 3.63) is 77.7 Å². The number of aromatic nitrogens is 2. The van der Waals surface area contributed by atoms with Crippen LogP contribution in [0.15, 0.2) is 61.1 Å². The summed E-state index contributed by atoms with van der Waals surface area (Å²) in [6, 6.07) is 12.5. The average Bonchev–Trinajstić information content (AvgIpc) is 2.69. The normalized spacial score (nSPS) is 10.3. The Hall–Kier alpha value is -3.41. The van der Waals surface area contributed by atoms with Gasteiger partial charge in [-0.2, -0.15) is 0 Å². The number of rotatable bonds is 7. The molecule has 0 aliphatic rings. The fourth-order valence-corrected chi connectivity index (χ4v) is 2.41. The third-order valence-electron chi connectivity index (χ3n) is 3.80. The zero-order valence-electron chi connectivity index (χ0n) is 15.3. The number of aryl methyl sites for hydroxylation is 1. The van der Waals surface area contributed by atoms with E-state index in [1.165, 1.54) is 0 Å². The number of carbonyl (C=O) groups excluding carboxylic acids is 1. The van der Waals surface area contributed by atoms with E-state index in [0.717, 1.165) is 11.1 Å². The molecule has 0 aliphatic carbocycles. The number of hydrogen-bond donors (Lipinski definition) is 1. The van der Waals surface area contributed by atoms with Crippen molar-refractivity contribution in [1.82, 2.24) is 9.97 Å². The highest BCUT2D eigenvalue weighted by Crippen LogP contribution is 2.29. The highest BCUT2D eigenvalue weighted by Gasteiger charge is 2.12. The van der Waals surface area contributed by atoms with Crippen molar-refractivity contribution in [2.75, 3.05) is 11.9 Å². The number of amides is 1. The van der Waals surface area contributed by atoms with Crippen molar-refractivity contribution >= 4 is 11.7 Å². The first-order chi connectivity index (χ1) is 13.2. The first kappa shape index (κ1) is 18.4. The molecule has 0 bridgehead atoms. The number of benzene rings is 1. The quantitative estimate of drug-likeness (QED) is 0.686. The van der Waals surface area contributed by atoms with Crippen LogP contribution in [-0.2, 0) is 6.61 Å². The summed E-state index contributed by atoms with van der Waals surface area (Å²) in [5, 5.41) is 2.78. The molecule has 0 saturated carbocycles. The van der Waals surface area contributed by atoms with Gasteiger partial charge in [-0.1, -0.05) is 6.07 Å². The van der Waals surface area contributed by atoms with Gasteiger partial charge >= 0.3 is 0 Å². The standard InChI is InChI=1S/C21H21N3O3/c1-3-26-19-12-17(21(25)24-20-7-4-15(2)13-23-20)5-6-18(19)27-14-16-8-10-22-11-9-16/h4-13H,3,14H2,1-2H3,(H,23,24,25). The number of carbonyl (C=O) groups is 1. The van der Waals surface area contributed by atoms with Crippen LogP contribution in [-0.4, -0.2) is 22.5 Å². The lowest BCUT2D eigenvalue weighted by atomic mass is 10.2. The van der Waals surface area contributed by atoms with E-state index in [1.54, 1.807) is 42.9 Å². The Labute approximate surface area is 158 Å². The molecule has 0 unspecified atom stereocenters. The van der Waals surface area contributed by atoms with Gasteiger partial charge in [0.15, 0.2) is 11.5 Å². The van der Waals surface area contributed by atoms with E-state index in [-0.39, 0.29) is 5.91 Å². The van der Waals surface area contributed by atoms with E-state index in [1.807, 2.05) is 32.0 Å². The van der Waals surface area contributed by atoms with Crippen molar-refractivity contribution in [3.63, 3.8) is 0 Å². The zero-order valence-corrected chi connectivity index (χ0v) is 15.3. The maximum Gasteiger partial charge on any atom is 0.256 e. The van der Waals surface area contributed by atoms with Gasteiger partial charge in [0.25, 0.3) is 5.91 Å². The van der Waals surface area contributed by atoms with Gasteiger partial charge < -0.3 is 14.8 Å². The van der Waals surface area contributed by atoms with Gasteiger partial charge in [0.05, 0.1) is 6.61 Å². The molecule has 0 radical (unpaired) electrons. The second-order valence-electron chi connectivity index (χ2n) is 5.91. The first-order valence-electron chi connectivity index (χ1n) is 8.68. The van der Waals surface area contributed by atoms with Gasteiger partial charge in [0, 0.05) is 24.2 Å². The second kappa shape index (κ2) is 8.80.